The van der Waals surface area contributed by atoms with Crippen LogP contribution in [0.5, 0.6) is 5.75 Å². The number of carbonyl (C=O) groups excluding carboxylic acids is 2. The van der Waals surface area contributed by atoms with Gasteiger partial charge in [0.2, 0.25) is 17.6 Å². The molecule has 1 aromatic heterocycles. The van der Waals surface area contributed by atoms with E-state index in [0.717, 1.165) is 56.5 Å². The van der Waals surface area contributed by atoms with Crippen molar-refractivity contribution in [3.8, 4) is 17.1 Å². The van der Waals surface area contributed by atoms with Crippen molar-refractivity contribution in [2.75, 3.05) is 39.3 Å². The molecule has 2 aromatic rings. The molecule has 2 aliphatic rings. The molecule has 10 heteroatoms. The highest BCUT2D eigenvalue weighted by Crippen LogP contribution is 2.36. The number of carbonyl (C=O) groups is 2. The fourth-order valence-electron chi connectivity index (χ4n) is 4.94. The van der Waals surface area contributed by atoms with Crippen LogP contribution < -0.4 is 15.4 Å². The molecule has 1 saturated heterocycles. The first kappa shape index (κ1) is 27.9. The minimum Gasteiger partial charge on any atom is -0.493 e. The van der Waals surface area contributed by atoms with E-state index in [-0.39, 0.29) is 23.8 Å². The number of benzene rings is 1. The average Bonchev–Trinajstić information content (AvgIpc) is 3.36. The number of likely N-dealkylation sites (tertiary alicyclic amines) is 1. The van der Waals surface area contributed by atoms with E-state index in [1.165, 1.54) is 0 Å². The number of nitrogens with one attached hydrogen (secondary N) is 2. The zero-order valence-corrected chi connectivity index (χ0v) is 22.9. The van der Waals surface area contributed by atoms with Crippen LogP contribution in [0.1, 0.15) is 65.2 Å². The number of aryl methyl sites for hydroxylation is 1. The van der Waals surface area contributed by atoms with Crippen LogP contribution in [0.3, 0.4) is 0 Å². The first-order chi connectivity index (χ1) is 18.2. The molecule has 38 heavy (non-hydrogen) atoms. The molecule has 0 radical (unpaired) electrons. The summed E-state index contributed by atoms with van der Waals surface area (Å²) in [6.07, 6.45) is 4.86. The van der Waals surface area contributed by atoms with Crippen LogP contribution in [-0.2, 0) is 16.0 Å². The second kappa shape index (κ2) is 12.6. The molecule has 0 saturated carbocycles. The Bertz CT molecular complexity index is 1070. The molecular weight excluding hydrogens is 486 g/mol. The van der Waals surface area contributed by atoms with Gasteiger partial charge >= 0.3 is 6.09 Å². The highest BCUT2D eigenvalue weighted by molar-refractivity contribution is 5.76. The Labute approximate surface area is 224 Å². The molecule has 0 aliphatic carbocycles. The lowest BCUT2D eigenvalue weighted by molar-refractivity contribution is -0.122. The van der Waals surface area contributed by atoms with Crippen molar-refractivity contribution in [1.29, 1.82) is 0 Å². The van der Waals surface area contributed by atoms with Crippen molar-refractivity contribution in [3.63, 3.8) is 0 Å². The van der Waals surface area contributed by atoms with E-state index in [1.54, 1.807) is 4.90 Å². The monoisotopic (exact) mass is 527 g/mol. The third-order valence-electron chi connectivity index (χ3n) is 7.11. The Morgan fingerprint density at radius 1 is 1.08 bits per heavy atom. The maximum atomic E-state index is 12.8. The summed E-state index contributed by atoms with van der Waals surface area (Å²) in [5, 5.41) is 10.8. The van der Waals surface area contributed by atoms with Gasteiger partial charge < -0.3 is 29.5 Å². The topological polar surface area (TPSA) is 119 Å². The normalized spacial score (nSPS) is 19.8. The summed E-state index contributed by atoms with van der Waals surface area (Å²) in [5.41, 5.74) is 0.205. The van der Waals surface area contributed by atoms with E-state index < -0.39 is 5.60 Å². The highest BCUT2D eigenvalue weighted by atomic mass is 16.6. The number of ether oxygens (including phenoxy) is 2. The summed E-state index contributed by atoms with van der Waals surface area (Å²) >= 11 is 0. The fraction of sp³-hybridized carbons (Fsp3) is 0.643. The van der Waals surface area contributed by atoms with Gasteiger partial charge in [-0.05, 0) is 83.5 Å². The second-order valence-corrected chi connectivity index (χ2v) is 11.3. The zero-order chi connectivity index (χ0) is 27.0. The Morgan fingerprint density at radius 3 is 2.63 bits per heavy atom. The van der Waals surface area contributed by atoms with Crippen molar-refractivity contribution < 1.29 is 23.6 Å². The minimum atomic E-state index is -0.516. The summed E-state index contributed by atoms with van der Waals surface area (Å²) in [6, 6.07) is 7.65. The largest absolute Gasteiger partial charge is 0.493 e. The molecule has 2 aliphatic heterocycles. The van der Waals surface area contributed by atoms with Crippen molar-refractivity contribution in [2.24, 2.45) is 5.41 Å². The Morgan fingerprint density at radius 2 is 1.84 bits per heavy atom. The van der Waals surface area contributed by atoms with Gasteiger partial charge in [0, 0.05) is 32.5 Å². The van der Waals surface area contributed by atoms with Crippen LogP contribution in [0.4, 0.5) is 4.79 Å². The third-order valence-corrected chi connectivity index (χ3v) is 7.11. The van der Waals surface area contributed by atoms with E-state index in [4.69, 9.17) is 14.0 Å². The highest BCUT2D eigenvalue weighted by Gasteiger charge is 2.37. The summed E-state index contributed by atoms with van der Waals surface area (Å²) in [5.74, 6) is 1.56. The number of piperidine rings is 1. The van der Waals surface area contributed by atoms with E-state index in [2.05, 4.69) is 20.8 Å². The summed E-state index contributed by atoms with van der Waals surface area (Å²) < 4.78 is 17.0. The lowest BCUT2D eigenvalue weighted by Crippen LogP contribution is -2.49. The van der Waals surface area contributed by atoms with Crippen LogP contribution in [-0.4, -0.2) is 72.0 Å². The zero-order valence-electron chi connectivity index (χ0n) is 22.9. The Balaban J connectivity index is 1.39. The molecule has 208 valence electrons. The second-order valence-electron chi connectivity index (χ2n) is 11.3. The molecular formula is C28H41N5O5. The molecule has 2 amide bonds. The van der Waals surface area contributed by atoms with Gasteiger partial charge in [-0.1, -0.05) is 17.3 Å². The Kier molecular flexibility index (Phi) is 9.25. The van der Waals surface area contributed by atoms with Crippen molar-refractivity contribution in [2.45, 2.75) is 71.3 Å². The predicted octanol–water partition coefficient (Wildman–Crippen LogP) is 3.96. The van der Waals surface area contributed by atoms with Gasteiger partial charge in [0.1, 0.15) is 11.4 Å². The van der Waals surface area contributed by atoms with Gasteiger partial charge in [0.25, 0.3) is 0 Å². The molecule has 4 rings (SSSR count). The van der Waals surface area contributed by atoms with Crippen LogP contribution in [0, 0.1) is 5.41 Å². The van der Waals surface area contributed by atoms with Crippen LogP contribution in [0.2, 0.25) is 0 Å². The summed E-state index contributed by atoms with van der Waals surface area (Å²) in [7, 11) is 0. The van der Waals surface area contributed by atoms with E-state index >= 15 is 0 Å². The smallest absolute Gasteiger partial charge is 0.410 e. The number of rotatable bonds is 0. The lowest BCUT2D eigenvalue weighted by atomic mass is 9.74. The molecule has 0 unspecified atom stereocenters. The number of hydrogen-bond acceptors (Lipinski definition) is 8. The molecule has 0 atom stereocenters. The number of para-hydroxylation sites is 1. The molecule has 3 heterocycles. The van der Waals surface area contributed by atoms with Gasteiger partial charge in [-0.2, -0.15) is 4.98 Å². The first-order valence-corrected chi connectivity index (χ1v) is 13.7. The number of hydrogen-bond donors (Lipinski definition) is 2. The van der Waals surface area contributed by atoms with Gasteiger partial charge in [-0.15, -0.1) is 0 Å². The molecule has 10 nitrogen and oxygen atoms in total. The van der Waals surface area contributed by atoms with Gasteiger partial charge in [0.15, 0.2) is 0 Å². The lowest BCUT2D eigenvalue weighted by Gasteiger charge is -2.42. The quantitative estimate of drug-likeness (QED) is 0.529. The predicted molar refractivity (Wildman–Crippen MR) is 143 cm³/mol. The van der Waals surface area contributed by atoms with Crippen LogP contribution in [0.15, 0.2) is 28.8 Å². The van der Waals surface area contributed by atoms with Gasteiger partial charge in [-0.25, -0.2) is 4.79 Å². The molecule has 1 aromatic carbocycles. The molecule has 2 bridgehead atoms. The van der Waals surface area contributed by atoms with Gasteiger partial charge in [0.05, 0.1) is 12.2 Å². The van der Waals surface area contributed by atoms with Crippen molar-refractivity contribution in [3.05, 3.63) is 30.2 Å². The van der Waals surface area contributed by atoms with Crippen molar-refractivity contribution >= 4 is 12.0 Å². The van der Waals surface area contributed by atoms with Gasteiger partial charge in [-0.3, -0.25) is 4.79 Å². The molecule has 1 spiro atoms. The van der Waals surface area contributed by atoms with E-state index in [1.807, 2.05) is 45.0 Å². The number of amides is 2. The van der Waals surface area contributed by atoms with Crippen molar-refractivity contribution in [1.82, 2.24) is 25.7 Å². The third kappa shape index (κ3) is 7.93. The Hall–Kier alpha value is -3.14. The molecule has 2 N–H and O–H groups in total. The number of fused-ring (bicyclic) bond motifs is 4. The minimum absolute atomic E-state index is 0.0431. The maximum Gasteiger partial charge on any atom is 0.410 e. The molecule has 1 fully saturated rings. The van der Waals surface area contributed by atoms with E-state index in [0.29, 0.717) is 44.4 Å². The fourth-order valence-corrected chi connectivity index (χ4v) is 4.94. The number of nitrogens with zero attached hydrogens (tertiary/aromatic N) is 3. The maximum absolute atomic E-state index is 12.8. The van der Waals surface area contributed by atoms with E-state index in [9.17, 15) is 9.59 Å². The van der Waals surface area contributed by atoms with Crippen LogP contribution in [0.25, 0.3) is 11.4 Å². The van der Waals surface area contributed by atoms with Crippen LogP contribution >= 0.6 is 0 Å². The summed E-state index contributed by atoms with van der Waals surface area (Å²) in [4.78, 5) is 31.6. The summed E-state index contributed by atoms with van der Waals surface area (Å²) in [6.45, 7) is 9.81. The standard InChI is InChI=1S/C28H41N5O5/c1-27(2,3)37-26(35)33-17-13-28(14-18-33)12-6-15-29-16-7-19-36-22-9-5-4-8-21(22)25-31-24(38-32-25)11-10-23(34)30-20-28/h4-5,8-9,29H,6-7,10-20H2,1-3H3,(H,30,34). The number of aromatic nitrogens is 2. The first-order valence-electron chi connectivity index (χ1n) is 13.7. The average molecular weight is 528 g/mol. The SMILES string of the molecule is CC(C)(C)OC(=O)N1CCC2(CCCNCCCOc3ccccc3-c3noc(n3)CCC(=O)NC2)CC1.